The largest absolute Gasteiger partial charge is 0.573 e. The van der Waals surface area contributed by atoms with E-state index in [2.05, 4.69) is 15.0 Å². The van der Waals surface area contributed by atoms with E-state index in [1.54, 1.807) is 0 Å². The fourth-order valence-electron chi connectivity index (χ4n) is 1.35. The van der Waals surface area contributed by atoms with Gasteiger partial charge in [-0.25, -0.2) is 4.98 Å². The number of nitrogens with one attached hydrogen (secondary N) is 1. The van der Waals surface area contributed by atoms with Crippen LogP contribution in [0.3, 0.4) is 0 Å². The van der Waals surface area contributed by atoms with E-state index in [0.29, 0.717) is 5.69 Å². The van der Waals surface area contributed by atoms with Crippen LogP contribution in [0.25, 0.3) is 0 Å². The summed E-state index contributed by atoms with van der Waals surface area (Å²) in [6, 6.07) is 4.77. The molecule has 2 rings (SSSR count). The highest BCUT2D eigenvalue weighted by Crippen LogP contribution is 2.24. The van der Waals surface area contributed by atoms with Crippen LogP contribution in [0.5, 0.6) is 5.75 Å². The lowest BCUT2D eigenvalue weighted by Crippen LogP contribution is -2.17. The lowest BCUT2D eigenvalue weighted by Gasteiger charge is -2.09. The number of anilines is 2. The van der Waals surface area contributed by atoms with Gasteiger partial charge in [-0.15, -0.1) is 24.5 Å². The average Bonchev–Trinajstić information content (AvgIpc) is 2.76. The van der Waals surface area contributed by atoms with Crippen LogP contribution in [0, 0.1) is 0 Å². The van der Waals surface area contributed by atoms with Crippen LogP contribution in [0.15, 0.2) is 29.8 Å². The van der Waals surface area contributed by atoms with Gasteiger partial charge >= 0.3 is 6.36 Å². The van der Waals surface area contributed by atoms with Crippen LogP contribution < -0.4 is 15.8 Å². The van der Waals surface area contributed by atoms with Gasteiger partial charge in [0.2, 0.25) is 0 Å². The molecule has 1 aromatic carbocycles. The summed E-state index contributed by atoms with van der Waals surface area (Å²) in [4.78, 5) is 15.7. The zero-order valence-electron chi connectivity index (χ0n) is 9.77. The fourth-order valence-corrected chi connectivity index (χ4v) is 1.96. The first kappa shape index (κ1) is 14.1. The Morgan fingerprint density at radius 2 is 1.95 bits per heavy atom. The summed E-state index contributed by atoms with van der Waals surface area (Å²) >= 11 is 1.07. The van der Waals surface area contributed by atoms with E-state index in [-0.39, 0.29) is 16.4 Å². The molecule has 0 aliphatic rings. The van der Waals surface area contributed by atoms with Crippen molar-refractivity contribution in [1.29, 1.82) is 0 Å². The summed E-state index contributed by atoms with van der Waals surface area (Å²) in [7, 11) is 0. The minimum Gasteiger partial charge on any atom is -0.406 e. The van der Waals surface area contributed by atoms with Crippen molar-refractivity contribution in [2.75, 3.05) is 11.1 Å². The minimum atomic E-state index is -4.75. The summed E-state index contributed by atoms with van der Waals surface area (Å²) in [5.74, 6) is -0.744. The number of ether oxygens (including phenoxy) is 1. The Morgan fingerprint density at radius 1 is 1.30 bits per heavy atom. The predicted molar refractivity (Wildman–Crippen MR) is 67.6 cm³/mol. The van der Waals surface area contributed by atoms with Gasteiger partial charge in [0.1, 0.15) is 16.4 Å². The highest BCUT2D eigenvalue weighted by Gasteiger charge is 2.30. The highest BCUT2D eigenvalue weighted by molar-refractivity contribution is 7.12. The smallest absolute Gasteiger partial charge is 0.406 e. The number of nitrogen functional groups attached to an aromatic ring is 1. The van der Waals surface area contributed by atoms with Crippen LogP contribution in [0.1, 0.15) is 9.67 Å². The summed E-state index contributed by atoms with van der Waals surface area (Å²) in [5.41, 5.74) is 7.22. The maximum atomic E-state index is 12.0. The second-order valence-corrected chi connectivity index (χ2v) is 4.45. The van der Waals surface area contributed by atoms with Crippen molar-refractivity contribution >= 4 is 28.7 Å². The standard InChI is InChI=1S/C11H8F3N3O2S/c12-11(13,14)19-7-3-1-6(2-4-7)17-10(18)8-9(15)16-5-20-8/h1-5H,15H2,(H,17,18). The van der Waals surface area contributed by atoms with E-state index in [0.717, 1.165) is 23.5 Å². The number of hydrogen-bond acceptors (Lipinski definition) is 5. The molecular formula is C11H8F3N3O2S. The molecule has 5 nitrogen and oxygen atoms in total. The Bertz CT molecular complexity index is 610. The van der Waals surface area contributed by atoms with Gasteiger partial charge in [-0.1, -0.05) is 0 Å². The maximum Gasteiger partial charge on any atom is 0.573 e. The third-order valence-corrected chi connectivity index (χ3v) is 2.99. The summed E-state index contributed by atoms with van der Waals surface area (Å²) in [6.45, 7) is 0. The zero-order valence-corrected chi connectivity index (χ0v) is 10.6. The van der Waals surface area contributed by atoms with Crippen molar-refractivity contribution in [3.8, 4) is 5.75 Å². The molecule has 0 fully saturated rings. The quantitative estimate of drug-likeness (QED) is 0.914. The number of amides is 1. The van der Waals surface area contributed by atoms with E-state index in [1.807, 2.05) is 0 Å². The highest BCUT2D eigenvalue weighted by atomic mass is 32.1. The molecule has 0 saturated carbocycles. The summed E-state index contributed by atoms with van der Waals surface area (Å²) in [5, 5.41) is 2.49. The Morgan fingerprint density at radius 3 is 2.45 bits per heavy atom. The molecule has 0 aliphatic heterocycles. The molecule has 1 amide bonds. The van der Waals surface area contributed by atoms with E-state index >= 15 is 0 Å². The molecule has 0 spiro atoms. The molecule has 0 unspecified atom stereocenters. The molecule has 2 aromatic rings. The van der Waals surface area contributed by atoms with Gasteiger partial charge in [0.15, 0.2) is 0 Å². The van der Waals surface area contributed by atoms with E-state index in [1.165, 1.54) is 17.6 Å². The number of carbonyl (C=O) groups excluding carboxylic acids is 1. The third kappa shape index (κ3) is 3.60. The molecule has 106 valence electrons. The number of nitrogens with zero attached hydrogens (tertiary/aromatic N) is 1. The van der Waals surface area contributed by atoms with Crippen LogP contribution in [-0.2, 0) is 0 Å². The Kier molecular flexibility index (Phi) is 3.79. The van der Waals surface area contributed by atoms with E-state index in [4.69, 9.17) is 5.73 Å². The Labute approximate surface area is 115 Å². The van der Waals surface area contributed by atoms with Gasteiger partial charge in [0.25, 0.3) is 5.91 Å². The molecule has 1 aromatic heterocycles. The number of benzene rings is 1. The first-order valence-corrected chi connectivity index (χ1v) is 6.09. The second-order valence-electron chi connectivity index (χ2n) is 3.59. The van der Waals surface area contributed by atoms with Crippen molar-refractivity contribution in [3.05, 3.63) is 34.7 Å². The van der Waals surface area contributed by atoms with E-state index < -0.39 is 12.3 Å². The van der Waals surface area contributed by atoms with Gasteiger partial charge in [0.05, 0.1) is 5.51 Å². The van der Waals surface area contributed by atoms with Crippen LogP contribution in [0.2, 0.25) is 0 Å². The normalized spacial score (nSPS) is 11.2. The van der Waals surface area contributed by atoms with Crippen molar-refractivity contribution < 1.29 is 22.7 Å². The van der Waals surface area contributed by atoms with Crippen molar-refractivity contribution in [2.45, 2.75) is 6.36 Å². The number of nitrogens with two attached hydrogens (primary N) is 1. The predicted octanol–water partition coefficient (Wildman–Crippen LogP) is 2.88. The number of thiazole rings is 1. The number of hydrogen-bond donors (Lipinski definition) is 2. The molecule has 0 aliphatic carbocycles. The number of alkyl halides is 3. The second kappa shape index (κ2) is 5.37. The molecule has 0 radical (unpaired) electrons. The van der Waals surface area contributed by atoms with Gasteiger partial charge in [-0.2, -0.15) is 0 Å². The minimum absolute atomic E-state index is 0.101. The maximum absolute atomic E-state index is 12.0. The molecule has 1 heterocycles. The lowest BCUT2D eigenvalue weighted by atomic mass is 10.3. The molecule has 0 bridgehead atoms. The van der Waals surface area contributed by atoms with Gasteiger partial charge in [0, 0.05) is 5.69 Å². The number of rotatable bonds is 3. The number of aromatic nitrogens is 1. The topological polar surface area (TPSA) is 77.2 Å². The third-order valence-electron chi connectivity index (χ3n) is 2.15. The molecular weight excluding hydrogens is 295 g/mol. The lowest BCUT2D eigenvalue weighted by molar-refractivity contribution is -0.274. The number of halogens is 3. The molecule has 0 atom stereocenters. The van der Waals surface area contributed by atoms with Gasteiger partial charge < -0.3 is 15.8 Å². The van der Waals surface area contributed by atoms with Crippen LogP contribution in [0.4, 0.5) is 24.7 Å². The average molecular weight is 303 g/mol. The van der Waals surface area contributed by atoms with Crippen LogP contribution >= 0.6 is 11.3 Å². The summed E-state index contributed by atoms with van der Waals surface area (Å²) in [6.07, 6.45) is -4.75. The molecule has 3 N–H and O–H groups in total. The van der Waals surface area contributed by atoms with Crippen LogP contribution in [-0.4, -0.2) is 17.3 Å². The monoisotopic (exact) mass is 303 g/mol. The SMILES string of the molecule is Nc1ncsc1C(=O)Nc1ccc(OC(F)(F)F)cc1. The van der Waals surface area contributed by atoms with Crippen molar-refractivity contribution in [1.82, 2.24) is 4.98 Å². The molecule has 0 saturated heterocycles. The summed E-state index contributed by atoms with van der Waals surface area (Å²) < 4.78 is 39.6. The number of carbonyl (C=O) groups is 1. The molecule has 20 heavy (non-hydrogen) atoms. The van der Waals surface area contributed by atoms with Gasteiger partial charge in [-0.3, -0.25) is 4.79 Å². The fraction of sp³-hybridized carbons (Fsp3) is 0.0909. The van der Waals surface area contributed by atoms with E-state index in [9.17, 15) is 18.0 Å². The first-order valence-electron chi connectivity index (χ1n) is 5.21. The zero-order chi connectivity index (χ0) is 14.8. The van der Waals surface area contributed by atoms with Crippen molar-refractivity contribution in [2.24, 2.45) is 0 Å². The van der Waals surface area contributed by atoms with Gasteiger partial charge in [-0.05, 0) is 24.3 Å². The van der Waals surface area contributed by atoms with Crippen molar-refractivity contribution in [3.63, 3.8) is 0 Å². The first-order chi connectivity index (χ1) is 9.35. The Balaban J connectivity index is 2.04. The molecule has 9 heteroatoms. The Hall–Kier alpha value is -2.29.